The van der Waals surface area contributed by atoms with Gasteiger partial charge in [0.25, 0.3) is 5.56 Å². The first-order chi connectivity index (χ1) is 15.4. The van der Waals surface area contributed by atoms with Crippen LogP contribution in [0.2, 0.25) is 0 Å². The van der Waals surface area contributed by atoms with Gasteiger partial charge in [-0.25, -0.2) is 4.79 Å². The van der Waals surface area contributed by atoms with Gasteiger partial charge in [0.1, 0.15) is 18.9 Å². The van der Waals surface area contributed by atoms with E-state index < -0.39 is 29.7 Å². The molecule has 2 N–H and O–H groups in total. The van der Waals surface area contributed by atoms with Gasteiger partial charge >= 0.3 is 11.7 Å². The number of carbonyl (C=O) groups is 1. The third-order valence-electron chi connectivity index (χ3n) is 6.05. The van der Waals surface area contributed by atoms with Crippen molar-refractivity contribution in [2.45, 2.75) is 116 Å². The molecular weight excluding hydrogens is 412 g/mol. The second kappa shape index (κ2) is 14.3. The van der Waals surface area contributed by atoms with Gasteiger partial charge in [-0.3, -0.25) is 19.1 Å². The predicted octanol–water partition coefficient (Wildman–Crippen LogP) is 3.74. The largest absolute Gasteiger partial charge is 0.463 e. The maximum absolute atomic E-state index is 12.0. The Morgan fingerprint density at radius 3 is 2.31 bits per heavy atom. The number of carbonyl (C=O) groups excluding carboxylic acids is 1. The highest BCUT2D eigenvalue weighted by Crippen LogP contribution is 2.28. The van der Waals surface area contributed by atoms with Crippen molar-refractivity contribution in [3.05, 3.63) is 32.6 Å². The molecule has 2 heterocycles. The first kappa shape index (κ1) is 26.3. The molecular formula is C24H40N2O6. The van der Waals surface area contributed by atoms with E-state index in [-0.39, 0.29) is 19.0 Å². The van der Waals surface area contributed by atoms with Crippen LogP contribution in [0, 0.1) is 6.92 Å². The van der Waals surface area contributed by atoms with Crippen LogP contribution in [0.25, 0.3) is 0 Å². The van der Waals surface area contributed by atoms with Gasteiger partial charge in [0.2, 0.25) is 0 Å². The van der Waals surface area contributed by atoms with Gasteiger partial charge in [-0.2, -0.15) is 0 Å². The zero-order valence-corrected chi connectivity index (χ0v) is 19.6. The van der Waals surface area contributed by atoms with Crippen LogP contribution in [0.4, 0.5) is 0 Å². The average molecular weight is 453 g/mol. The van der Waals surface area contributed by atoms with Gasteiger partial charge in [0, 0.05) is 24.6 Å². The molecule has 0 aromatic carbocycles. The highest BCUT2D eigenvalue weighted by atomic mass is 16.6. The van der Waals surface area contributed by atoms with Crippen LogP contribution < -0.4 is 11.2 Å². The number of hydrogen-bond donors (Lipinski definition) is 2. The Morgan fingerprint density at radius 2 is 1.69 bits per heavy atom. The average Bonchev–Trinajstić information content (AvgIpc) is 3.13. The predicted molar refractivity (Wildman–Crippen MR) is 123 cm³/mol. The minimum atomic E-state index is -0.853. The fraction of sp³-hybridized carbons (Fsp3) is 0.792. The summed E-state index contributed by atoms with van der Waals surface area (Å²) in [7, 11) is 0. The van der Waals surface area contributed by atoms with E-state index in [1.807, 2.05) is 0 Å². The lowest BCUT2D eigenvalue weighted by Gasteiger charge is -2.16. The molecule has 1 aliphatic rings. The number of H-pyrrole nitrogens is 1. The summed E-state index contributed by atoms with van der Waals surface area (Å²) in [5.74, 6) is -0.294. The van der Waals surface area contributed by atoms with Crippen LogP contribution in [0.15, 0.2) is 15.8 Å². The number of aliphatic hydroxyl groups excluding tert-OH is 1. The summed E-state index contributed by atoms with van der Waals surface area (Å²) < 4.78 is 12.2. The highest BCUT2D eigenvalue weighted by Gasteiger charge is 2.36. The van der Waals surface area contributed by atoms with Gasteiger partial charge in [-0.15, -0.1) is 0 Å². The molecule has 1 fully saturated rings. The highest BCUT2D eigenvalue weighted by molar-refractivity contribution is 5.69. The molecule has 0 unspecified atom stereocenters. The number of nitrogens with one attached hydrogen (secondary N) is 1. The topological polar surface area (TPSA) is 111 Å². The first-order valence-corrected chi connectivity index (χ1v) is 12.2. The van der Waals surface area contributed by atoms with Crippen LogP contribution in [0.3, 0.4) is 0 Å². The molecule has 3 atom stereocenters. The number of hydrogen-bond acceptors (Lipinski definition) is 6. The second-order valence-electron chi connectivity index (χ2n) is 8.88. The number of esters is 1. The molecule has 8 nitrogen and oxygen atoms in total. The van der Waals surface area contributed by atoms with Gasteiger partial charge in [0.15, 0.2) is 0 Å². The number of aromatic nitrogens is 2. The van der Waals surface area contributed by atoms with E-state index in [4.69, 9.17) is 9.47 Å². The lowest BCUT2D eigenvalue weighted by Crippen LogP contribution is -2.33. The van der Waals surface area contributed by atoms with Crippen LogP contribution in [-0.2, 0) is 14.3 Å². The van der Waals surface area contributed by atoms with Crippen molar-refractivity contribution >= 4 is 5.97 Å². The van der Waals surface area contributed by atoms with Crippen molar-refractivity contribution in [2.75, 3.05) is 6.61 Å². The monoisotopic (exact) mass is 452 g/mol. The summed E-state index contributed by atoms with van der Waals surface area (Å²) >= 11 is 0. The minimum absolute atomic E-state index is 0.0500. The van der Waals surface area contributed by atoms with Crippen LogP contribution in [0.1, 0.15) is 102 Å². The summed E-state index contributed by atoms with van der Waals surface area (Å²) in [6.45, 7) is 3.78. The van der Waals surface area contributed by atoms with Crippen molar-refractivity contribution in [3.63, 3.8) is 0 Å². The third-order valence-corrected chi connectivity index (χ3v) is 6.05. The van der Waals surface area contributed by atoms with Crippen molar-refractivity contribution in [3.8, 4) is 0 Å². The molecule has 2 rings (SSSR count). The number of nitrogens with zero attached hydrogens (tertiary/aromatic N) is 1. The number of aryl methyl sites for hydroxylation is 1. The summed E-state index contributed by atoms with van der Waals surface area (Å²) in [5, 5.41) is 10.2. The second-order valence-corrected chi connectivity index (χ2v) is 8.88. The Kier molecular flexibility index (Phi) is 11.7. The molecule has 0 aliphatic carbocycles. The molecule has 8 heteroatoms. The zero-order valence-electron chi connectivity index (χ0n) is 19.6. The van der Waals surface area contributed by atoms with Gasteiger partial charge in [0.05, 0.1) is 6.10 Å². The fourth-order valence-corrected chi connectivity index (χ4v) is 4.02. The Bertz CT molecular complexity index is 802. The minimum Gasteiger partial charge on any atom is -0.463 e. The molecule has 0 saturated carbocycles. The van der Waals surface area contributed by atoms with Crippen LogP contribution >= 0.6 is 0 Å². The summed E-state index contributed by atoms with van der Waals surface area (Å²) in [5.41, 5.74) is -0.658. The molecule has 0 spiro atoms. The van der Waals surface area contributed by atoms with Crippen LogP contribution in [0.5, 0.6) is 0 Å². The molecule has 1 aliphatic heterocycles. The van der Waals surface area contributed by atoms with Crippen molar-refractivity contribution in [1.82, 2.24) is 9.55 Å². The van der Waals surface area contributed by atoms with Crippen molar-refractivity contribution < 1.29 is 19.4 Å². The van der Waals surface area contributed by atoms with Crippen molar-refractivity contribution in [1.29, 1.82) is 0 Å². The van der Waals surface area contributed by atoms with Gasteiger partial charge < -0.3 is 14.6 Å². The first-order valence-electron chi connectivity index (χ1n) is 12.2. The number of aliphatic hydroxyl groups is 1. The SMILES string of the molecule is CCCCCCCCCCCCCC(=O)OC[C@H]1O[C@@H](n2cc(C)c(=O)[nH]c2=O)C[C@@H]1O. The third kappa shape index (κ3) is 8.90. The van der Waals surface area contributed by atoms with E-state index in [1.54, 1.807) is 6.92 Å². The maximum Gasteiger partial charge on any atom is 0.330 e. The van der Waals surface area contributed by atoms with E-state index in [0.29, 0.717) is 12.0 Å². The summed E-state index contributed by atoms with van der Waals surface area (Å²) in [4.78, 5) is 37.7. The molecule has 1 aromatic heterocycles. The Balaban J connectivity index is 1.57. The van der Waals surface area contributed by atoms with E-state index >= 15 is 0 Å². The quantitative estimate of drug-likeness (QED) is 0.310. The number of aromatic amines is 1. The number of rotatable bonds is 15. The Morgan fingerprint density at radius 1 is 1.09 bits per heavy atom. The smallest absolute Gasteiger partial charge is 0.330 e. The summed E-state index contributed by atoms with van der Waals surface area (Å²) in [6.07, 6.45) is 13.1. The van der Waals surface area contributed by atoms with E-state index in [9.17, 15) is 19.5 Å². The zero-order chi connectivity index (χ0) is 23.3. The standard InChI is InChI=1S/C24H40N2O6/c1-3-4-5-6-7-8-9-10-11-12-13-14-22(28)31-17-20-19(27)15-21(32-20)26-16-18(2)23(29)25-24(26)30/h16,19-21,27H,3-15,17H2,1-2H3,(H,25,29,30)/t19-,20+,21+/m0/s1. The molecule has 0 amide bonds. The normalized spacial score (nSPS) is 20.5. The molecule has 32 heavy (non-hydrogen) atoms. The Hall–Kier alpha value is -1.93. The maximum atomic E-state index is 12.0. The van der Waals surface area contributed by atoms with Crippen LogP contribution in [-0.4, -0.2) is 39.4 Å². The molecule has 1 aromatic rings. The van der Waals surface area contributed by atoms with Gasteiger partial charge in [-0.1, -0.05) is 71.1 Å². The van der Waals surface area contributed by atoms with E-state index in [2.05, 4.69) is 11.9 Å². The lowest BCUT2D eigenvalue weighted by molar-refractivity contribution is -0.150. The number of unbranched alkanes of at least 4 members (excludes halogenated alkanes) is 10. The van der Waals surface area contributed by atoms with Crippen molar-refractivity contribution in [2.24, 2.45) is 0 Å². The Labute approximate surface area is 190 Å². The molecule has 0 bridgehead atoms. The lowest BCUT2D eigenvalue weighted by atomic mass is 10.1. The molecule has 0 radical (unpaired) electrons. The molecule has 1 saturated heterocycles. The molecule has 182 valence electrons. The van der Waals surface area contributed by atoms with E-state index in [0.717, 1.165) is 19.3 Å². The fourth-order valence-electron chi connectivity index (χ4n) is 4.02. The van der Waals surface area contributed by atoms with E-state index in [1.165, 1.54) is 62.1 Å². The summed E-state index contributed by atoms with van der Waals surface area (Å²) in [6, 6.07) is 0. The van der Waals surface area contributed by atoms with Gasteiger partial charge in [-0.05, 0) is 13.3 Å². The number of ether oxygens (including phenoxy) is 2.